The molecule has 0 spiro atoms. The van der Waals surface area contributed by atoms with Gasteiger partial charge in [0.2, 0.25) is 0 Å². The van der Waals surface area contributed by atoms with Gasteiger partial charge in [0, 0.05) is 34.7 Å². The largest absolute Gasteiger partial charge is 0.484 e. The fourth-order valence-electron chi connectivity index (χ4n) is 4.02. The van der Waals surface area contributed by atoms with Crippen molar-refractivity contribution >= 4 is 28.4 Å². The van der Waals surface area contributed by atoms with Gasteiger partial charge in [0.25, 0.3) is 5.91 Å². The van der Waals surface area contributed by atoms with Crippen molar-refractivity contribution in [1.29, 1.82) is 0 Å². The van der Waals surface area contributed by atoms with E-state index in [2.05, 4.69) is 31.8 Å². The van der Waals surface area contributed by atoms with E-state index >= 15 is 0 Å². The Morgan fingerprint density at radius 2 is 1.67 bits per heavy atom. The molecular weight excluding hydrogens is 432 g/mol. The highest BCUT2D eigenvalue weighted by atomic mass is 35.5. The minimum atomic E-state index is -0.280. The Kier molecular flexibility index (Phi) is 6.48. The summed E-state index contributed by atoms with van der Waals surface area (Å²) in [5.41, 5.74) is 4.33. The fraction of sp³-hybridized carbons (Fsp3) is 0.250. The van der Waals surface area contributed by atoms with Crippen molar-refractivity contribution in [2.45, 2.75) is 32.2 Å². The molecule has 0 radical (unpaired) electrons. The molecule has 4 nitrogen and oxygen atoms in total. The summed E-state index contributed by atoms with van der Waals surface area (Å²) in [5.74, 6) is 0.569. The zero-order chi connectivity index (χ0) is 23.6. The first-order chi connectivity index (χ1) is 15.7. The number of nitrogens with zero attached hydrogens (tertiary/aromatic N) is 1. The van der Waals surface area contributed by atoms with Gasteiger partial charge in [-0.25, -0.2) is 0 Å². The number of ether oxygens (including phenoxy) is 1. The number of aromatic amines is 1. The molecule has 170 valence electrons. The zero-order valence-electron chi connectivity index (χ0n) is 19.4. The monoisotopic (exact) mass is 460 g/mol. The summed E-state index contributed by atoms with van der Waals surface area (Å²) < 4.78 is 5.85. The molecule has 0 aliphatic rings. The average Bonchev–Trinajstić information content (AvgIpc) is 3.22. The number of hydrogen-bond acceptors (Lipinski definition) is 2. The number of carbonyl (C=O) groups is 1. The number of hydrogen-bond donors (Lipinski definition) is 1. The number of aromatic nitrogens is 1. The molecule has 0 saturated heterocycles. The summed E-state index contributed by atoms with van der Waals surface area (Å²) >= 11 is 6.13. The highest BCUT2D eigenvalue weighted by Gasteiger charge is 2.26. The molecule has 3 aromatic carbocycles. The van der Waals surface area contributed by atoms with Crippen molar-refractivity contribution in [2.24, 2.45) is 0 Å². The van der Waals surface area contributed by atoms with Crippen LogP contribution in [0.2, 0.25) is 5.02 Å². The first-order valence-electron chi connectivity index (χ1n) is 11.0. The van der Waals surface area contributed by atoms with Gasteiger partial charge in [-0.15, -0.1) is 0 Å². The predicted molar refractivity (Wildman–Crippen MR) is 135 cm³/mol. The van der Waals surface area contributed by atoms with Crippen LogP contribution in [-0.2, 0) is 10.2 Å². The molecule has 0 saturated carbocycles. The van der Waals surface area contributed by atoms with E-state index in [1.54, 1.807) is 4.90 Å². The number of fused-ring (bicyclic) bond motifs is 1. The molecular formula is C28H29ClN2O2. The molecule has 0 aliphatic heterocycles. The van der Waals surface area contributed by atoms with E-state index in [1.165, 1.54) is 5.56 Å². The molecule has 1 heterocycles. The van der Waals surface area contributed by atoms with Crippen LogP contribution in [0.25, 0.3) is 10.9 Å². The van der Waals surface area contributed by atoms with Crippen LogP contribution in [0.3, 0.4) is 0 Å². The molecule has 0 fully saturated rings. The second kappa shape index (κ2) is 9.32. The third-order valence-electron chi connectivity index (χ3n) is 5.96. The third kappa shape index (κ3) is 5.07. The van der Waals surface area contributed by atoms with Gasteiger partial charge >= 0.3 is 0 Å². The van der Waals surface area contributed by atoms with E-state index < -0.39 is 0 Å². The van der Waals surface area contributed by atoms with Crippen molar-refractivity contribution in [3.8, 4) is 5.75 Å². The molecule has 1 aromatic heterocycles. The lowest BCUT2D eigenvalue weighted by Gasteiger charge is -2.29. The van der Waals surface area contributed by atoms with Crippen LogP contribution in [0.15, 0.2) is 79.0 Å². The number of benzene rings is 3. The second-order valence-corrected chi connectivity index (χ2v) is 9.75. The first-order valence-corrected chi connectivity index (χ1v) is 11.4. The van der Waals surface area contributed by atoms with Gasteiger partial charge in [-0.3, -0.25) is 4.79 Å². The lowest BCUT2D eigenvalue weighted by Crippen LogP contribution is -2.35. The van der Waals surface area contributed by atoms with Gasteiger partial charge in [-0.05, 0) is 46.9 Å². The summed E-state index contributed by atoms with van der Waals surface area (Å²) in [4.78, 5) is 18.3. The van der Waals surface area contributed by atoms with Crippen molar-refractivity contribution in [3.63, 3.8) is 0 Å². The number of halogens is 1. The number of H-pyrrole nitrogens is 1. The van der Waals surface area contributed by atoms with E-state index in [0.717, 1.165) is 22.0 Å². The molecule has 5 heteroatoms. The van der Waals surface area contributed by atoms with Crippen LogP contribution in [0.1, 0.15) is 43.5 Å². The molecule has 0 aliphatic carbocycles. The fourth-order valence-corrected chi connectivity index (χ4v) is 4.15. The van der Waals surface area contributed by atoms with Crippen LogP contribution >= 0.6 is 11.6 Å². The Bertz CT molecular complexity index is 1240. The number of likely N-dealkylation sites (N-methyl/N-ethyl adjacent to an activating group) is 1. The summed E-state index contributed by atoms with van der Waals surface area (Å²) in [6.07, 6.45) is 1.97. The van der Waals surface area contributed by atoms with Gasteiger partial charge in [-0.1, -0.05) is 74.8 Å². The first kappa shape index (κ1) is 22.9. The van der Waals surface area contributed by atoms with E-state index in [4.69, 9.17) is 16.3 Å². The standard InChI is InChI=1S/C28H29ClN2O2/c1-28(2,3)20-11-15-22(16-12-20)33-18-26(32)31(4)27(19-9-13-21(29)14-10-19)24-17-30-25-8-6-5-7-23(24)25/h5-17,27,30H,18H2,1-4H3/t27-/m0/s1. The summed E-state index contributed by atoms with van der Waals surface area (Å²) in [6, 6.07) is 23.4. The number of nitrogens with one attached hydrogen (secondary N) is 1. The number of amides is 1. The molecule has 0 unspecified atom stereocenters. The molecule has 1 N–H and O–H groups in total. The summed E-state index contributed by atoms with van der Waals surface area (Å²) in [7, 11) is 1.81. The number of para-hydroxylation sites is 1. The van der Waals surface area contributed by atoms with E-state index in [9.17, 15) is 4.79 Å². The SMILES string of the molecule is CN(C(=O)COc1ccc(C(C)(C)C)cc1)[C@@H](c1ccc(Cl)cc1)c1c[nH]c2ccccc12. The Labute approximate surface area is 200 Å². The quantitative estimate of drug-likeness (QED) is 0.346. The predicted octanol–water partition coefficient (Wildman–Crippen LogP) is 6.75. The van der Waals surface area contributed by atoms with Crippen LogP contribution in [0.4, 0.5) is 0 Å². The molecule has 33 heavy (non-hydrogen) atoms. The molecule has 4 rings (SSSR count). The second-order valence-electron chi connectivity index (χ2n) is 9.31. The van der Waals surface area contributed by atoms with Crippen LogP contribution in [-0.4, -0.2) is 29.4 Å². The van der Waals surface area contributed by atoms with Gasteiger partial charge in [0.1, 0.15) is 5.75 Å². The van der Waals surface area contributed by atoms with Crippen molar-refractivity contribution < 1.29 is 9.53 Å². The van der Waals surface area contributed by atoms with E-state index in [-0.39, 0.29) is 24.0 Å². The lowest BCUT2D eigenvalue weighted by atomic mass is 9.87. The van der Waals surface area contributed by atoms with Crippen LogP contribution in [0, 0.1) is 0 Å². The van der Waals surface area contributed by atoms with E-state index in [1.807, 2.05) is 80.0 Å². The summed E-state index contributed by atoms with van der Waals surface area (Å²) in [6.45, 7) is 6.46. The van der Waals surface area contributed by atoms with Gasteiger partial charge in [0.05, 0.1) is 6.04 Å². The topological polar surface area (TPSA) is 45.3 Å². The Morgan fingerprint density at radius 3 is 2.33 bits per heavy atom. The van der Waals surface area contributed by atoms with Gasteiger partial charge < -0.3 is 14.6 Å². The smallest absolute Gasteiger partial charge is 0.261 e. The van der Waals surface area contributed by atoms with Crippen molar-refractivity contribution in [1.82, 2.24) is 9.88 Å². The maximum atomic E-state index is 13.2. The molecule has 1 amide bonds. The van der Waals surface area contributed by atoms with Crippen molar-refractivity contribution in [2.75, 3.05) is 13.7 Å². The van der Waals surface area contributed by atoms with Crippen molar-refractivity contribution in [3.05, 3.63) is 101 Å². The zero-order valence-corrected chi connectivity index (χ0v) is 20.2. The van der Waals surface area contributed by atoms with Gasteiger partial charge in [-0.2, -0.15) is 0 Å². The summed E-state index contributed by atoms with van der Waals surface area (Å²) in [5, 5.41) is 1.74. The highest BCUT2D eigenvalue weighted by molar-refractivity contribution is 6.30. The minimum absolute atomic E-state index is 0.0438. The molecule has 4 aromatic rings. The normalized spacial score (nSPS) is 12.5. The van der Waals surface area contributed by atoms with Crippen LogP contribution < -0.4 is 4.74 Å². The highest BCUT2D eigenvalue weighted by Crippen LogP contribution is 2.34. The van der Waals surface area contributed by atoms with E-state index in [0.29, 0.717) is 10.8 Å². The Morgan fingerprint density at radius 1 is 1.00 bits per heavy atom. The maximum Gasteiger partial charge on any atom is 0.261 e. The Balaban J connectivity index is 1.58. The third-order valence-corrected chi connectivity index (χ3v) is 6.22. The average molecular weight is 461 g/mol. The number of carbonyl (C=O) groups excluding carboxylic acids is 1. The minimum Gasteiger partial charge on any atom is -0.484 e. The molecule has 0 bridgehead atoms. The number of rotatable bonds is 6. The molecule has 1 atom stereocenters. The lowest BCUT2D eigenvalue weighted by molar-refractivity contribution is -0.133. The van der Waals surface area contributed by atoms with Gasteiger partial charge in [0.15, 0.2) is 6.61 Å². The van der Waals surface area contributed by atoms with Crippen LogP contribution in [0.5, 0.6) is 5.75 Å². The Hall–Kier alpha value is -3.24. The maximum absolute atomic E-state index is 13.2.